The van der Waals surface area contributed by atoms with Crippen molar-refractivity contribution in [3.05, 3.63) is 108 Å². The number of esters is 3. The highest BCUT2D eigenvalue weighted by Gasteiger charge is 2.29. The van der Waals surface area contributed by atoms with Crippen molar-refractivity contribution in [2.75, 3.05) is 5.75 Å². The Bertz CT molecular complexity index is 1330. The highest BCUT2D eigenvalue weighted by atomic mass is 32.2. The maximum Gasteiger partial charge on any atom is 0.329 e. The number of rotatable bonds is 15. The van der Waals surface area contributed by atoms with Crippen molar-refractivity contribution >= 4 is 35.7 Å². The Kier molecular flexibility index (Phi) is 13.8. The van der Waals surface area contributed by atoms with Crippen molar-refractivity contribution < 1.29 is 33.4 Å². The Hall–Kier alpha value is -4.31. The zero-order valence-corrected chi connectivity index (χ0v) is 26.1. The van der Waals surface area contributed by atoms with E-state index in [1.54, 1.807) is 0 Å². The lowest BCUT2D eigenvalue weighted by Crippen LogP contribution is -2.52. The lowest BCUT2D eigenvalue weighted by molar-refractivity contribution is -0.149. The summed E-state index contributed by atoms with van der Waals surface area (Å²) in [6, 6.07) is 24.6. The second-order valence-corrected chi connectivity index (χ2v) is 12.9. The van der Waals surface area contributed by atoms with Crippen LogP contribution in [-0.4, -0.2) is 46.5 Å². The molecule has 0 saturated carbocycles. The van der Waals surface area contributed by atoms with Crippen LogP contribution in [0.5, 0.6) is 0 Å². The van der Waals surface area contributed by atoms with Gasteiger partial charge in [0.25, 0.3) is 0 Å². The molecule has 3 rings (SSSR count). The molecule has 0 heterocycles. The minimum atomic E-state index is -1.17. The molecule has 44 heavy (non-hydrogen) atoms. The normalized spacial score (nSPS) is 12.3. The highest BCUT2D eigenvalue weighted by Crippen LogP contribution is 2.24. The van der Waals surface area contributed by atoms with E-state index in [9.17, 15) is 19.2 Å². The van der Waals surface area contributed by atoms with Crippen molar-refractivity contribution in [1.29, 1.82) is 0 Å². The number of urea groups is 1. The molecule has 2 amide bonds. The van der Waals surface area contributed by atoms with E-state index in [0.717, 1.165) is 16.7 Å². The van der Waals surface area contributed by atoms with Crippen LogP contribution in [0.25, 0.3) is 0 Å². The third kappa shape index (κ3) is 13.3. The van der Waals surface area contributed by atoms with E-state index in [1.807, 2.05) is 112 Å². The molecule has 0 aliphatic rings. The molecule has 0 bridgehead atoms. The van der Waals surface area contributed by atoms with Crippen LogP contribution < -0.4 is 10.6 Å². The van der Waals surface area contributed by atoms with E-state index >= 15 is 0 Å². The van der Waals surface area contributed by atoms with Gasteiger partial charge in [0.1, 0.15) is 31.9 Å². The van der Waals surface area contributed by atoms with Gasteiger partial charge in [-0.15, -0.1) is 0 Å². The summed E-state index contributed by atoms with van der Waals surface area (Å²) in [4.78, 5) is 51.7. The molecule has 0 spiro atoms. The van der Waals surface area contributed by atoms with E-state index in [1.165, 1.54) is 11.8 Å². The molecule has 10 heteroatoms. The van der Waals surface area contributed by atoms with Crippen molar-refractivity contribution in [3.8, 4) is 0 Å². The topological polar surface area (TPSA) is 120 Å². The van der Waals surface area contributed by atoms with Gasteiger partial charge in [0.2, 0.25) is 0 Å². The monoisotopic (exact) mass is 620 g/mol. The van der Waals surface area contributed by atoms with Crippen molar-refractivity contribution in [2.45, 2.75) is 70.3 Å². The van der Waals surface area contributed by atoms with Crippen molar-refractivity contribution in [2.24, 2.45) is 0 Å². The molecule has 0 aliphatic heterocycles. The molecular formula is C34H40N2O7S. The molecule has 0 aromatic heterocycles. The second-order valence-electron chi connectivity index (χ2n) is 11.0. The highest BCUT2D eigenvalue weighted by molar-refractivity contribution is 8.00. The van der Waals surface area contributed by atoms with Crippen LogP contribution >= 0.6 is 11.8 Å². The zero-order valence-electron chi connectivity index (χ0n) is 25.3. The summed E-state index contributed by atoms with van der Waals surface area (Å²) in [5, 5.41) is 5.24. The first kappa shape index (κ1) is 34.2. The second kappa shape index (κ2) is 17.7. The molecule has 0 aliphatic carbocycles. The van der Waals surface area contributed by atoms with Crippen LogP contribution in [0.15, 0.2) is 91.0 Å². The van der Waals surface area contributed by atoms with Crippen molar-refractivity contribution in [1.82, 2.24) is 10.6 Å². The van der Waals surface area contributed by atoms with Gasteiger partial charge in [0.15, 0.2) is 0 Å². The number of carbonyl (C=O) groups excluding carboxylic acids is 4. The van der Waals surface area contributed by atoms with Crippen LogP contribution in [0.1, 0.15) is 50.3 Å². The first-order valence-electron chi connectivity index (χ1n) is 14.4. The summed E-state index contributed by atoms with van der Waals surface area (Å²) in [5.41, 5.74) is 2.41. The Balaban J connectivity index is 1.63. The number of nitrogens with one attached hydrogen (secondary N) is 2. The van der Waals surface area contributed by atoms with Gasteiger partial charge < -0.3 is 24.8 Å². The Morgan fingerprint density at radius 3 is 1.50 bits per heavy atom. The van der Waals surface area contributed by atoms with Gasteiger partial charge >= 0.3 is 23.9 Å². The maximum atomic E-state index is 13.1. The van der Waals surface area contributed by atoms with Crippen LogP contribution in [0.2, 0.25) is 0 Å². The summed E-state index contributed by atoms with van der Waals surface area (Å²) in [7, 11) is 0. The number of carbonyl (C=O) groups is 4. The number of amides is 2. The maximum absolute atomic E-state index is 13.1. The van der Waals surface area contributed by atoms with Crippen LogP contribution in [-0.2, 0) is 48.4 Å². The number of ether oxygens (including phenoxy) is 3. The van der Waals surface area contributed by atoms with Gasteiger partial charge in [-0.1, -0.05) is 112 Å². The molecule has 234 valence electrons. The standard InChI is InChI=1S/C34H40N2O7S/c1-34(2,3)44-24-29(32(39)43-23-27-17-11-6-12-18-27)36-33(40)35-28(31(38)42-22-26-15-9-5-10-16-26)19-20-30(37)41-21-25-13-7-4-8-14-25/h4-18,28-29H,19-24H2,1-3H3,(H2,35,36,40). The molecule has 3 aromatic carbocycles. The summed E-state index contributed by atoms with van der Waals surface area (Å²) in [6.45, 7) is 6.14. The zero-order chi connectivity index (χ0) is 31.8. The molecular weight excluding hydrogens is 580 g/mol. The number of hydrogen-bond acceptors (Lipinski definition) is 8. The fourth-order valence-electron chi connectivity index (χ4n) is 3.84. The van der Waals surface area contributed by atoms with Crippen LogP contribution in [0.4, 0.5) is 4.79 Å². The average Bonchev–Trinajstić information content (AvgIpc) is 3.02. The molecule has 0 radical (unpaired) electrons. The summed E-state index contributed by atoms with van der Waals surface area (Å²) in [5.74, 6) is -1.60. The molecule has 3 aromatic rings. The van der Waals surface area contributed by atoms with E-state index in [2.05, 4.69) is 10.6 Å². The van der Waals surface area contributed by atoms with E-state index < -0.39 is 36.0 Å². The third-order valence-electron chi connectivity index (χ3n) is 6.19. The molecule has 0 fully saturated rings. The molecule has 2 unspecified atom stereocenters. The van der Waals surface area contributed by atoms with E-state index in [4.69, 9.17) is 14.2 Å². The summed E-state index contributed by atoms with van der Waals surface area (Å²) >= 11 is 1.49. The third-order valence-corrected chi connectivity index (χ3v) is 7.56. The van der Waals surface area contributed by atoms with E-state index in [-0.39, 0.29) is 43.2 Å². The van der Waals surface area contributed by atoms with Gasteiger partial charge in [-0.3, -0.25) is 4.79 Å². The molecule has 2 atom stereocenters. The molecule has 0 saturated heterocycles. The molecule has 9 nitrogen and oxygen atoms in total. The van der Waals surface area contributed by atoms with Gasteiger partial charge in [-0.05, 0) is 23.1 Å². The Morgan fingerprint density at radius 2 is 1.05 bits per heavy atom. The predicted molar refractivity (Wildman–Crippen MR) is 169 cm³/mol. The number of hydrogen-bond donors (Lipinski definition) is 2. The van der Waals surface area contributed by atoms with Crippen LogP contribution in [0.3, 0.4) is 0 Å². The SMILES string of the molecule is CC(C)(C)SCC(NC(=O)NC(CCC(=O)OCc1ccccc1)C(=O)OCc1ccccc1)C(=O)OCc1ccccc1. The average molecular weight is 621 g/mol. The quantitative estimate of drug-likeness (QED) is 0.167. The van der Waals surface area contributed by atoms with Gasteiger partial charge in [0, 0.05) is 16.9 Å². The van der Waals surface area contributed by atoms with Gasteiger partial charge in [-0.2, -0.15) is 11.8 Å². The Labute approximate surface area is 263 Å². The lowest BCUT2D eigenvalue weighted by Gasteiger charge is -2.24. The fraction of sp³-hybridized carbons (Fsp3) is 0.353. The fourth-order valence-corrected chi connectivity index (χ4v) is 4.73. The van der Waals surface area contributed by atoms with Crippen LogP contribution in [0, 0.1) is 0 Å². The summed E-state index contributed by atoms with van der Waals surface area (Å²) in [6.07, 6.45) is -0.199. The minimum absolute atomic E-state index is 0.00537. The summed E-state index contributed by atoms with van der Waals surface area (Å²) < 4.78 is 16.1. The van der Waals surface area contributed by atoms with Crippen molar-refractivity contribution in [3.63, 3.8) is 0 Å². The smallest absolute Gasteiger partial charge is 0.329 e. The molecule has 2 N–H and O–H groups in total. The number of benzene rings is 3. The first-order valence-corrected chi connectivity index (χ1v) is 15.4. The van der Waals surface area contributed by atoms with Gasteiger partial charge in [0.05, 0.1) is 0 Å². The Morgan fingerprint density at radius 1 is 0.636 bits per heavy atom. The lowest BCUT2D eigenvalue weighted by atomic mass is 10.1. The minimum Gasteiger partial charge on any atom is -0.461 e. The largest absolute Gasteiger partial charge is 0.461 e. The first-order chi connectivity index (χ1) is 21.1. The predicted octanol–water partition coefficient (Wildman–Crippen LogP) is 5.56. The van der Waals surface area contributed by atoms with Gasteiger partial charge in [-0.25, -0.2) is 14.4 Å². The van der Waals surface area contributed by atoms with E-state index in [0.29, 0.717) is 0 Å². The number of thioether (sulfide) groups is 1.